The first-order chi connectivity index (χ1) is 6.36. The molecule has 0 aliphatic carbocycles. The minimum atomic E-state index is -4.61. The topological polar surface area (TPSA) is 9.23 Å². The van der Waals surface area contributed by atoms with Gasteiger partial charge in [-0.3, -0.25) is 0 Å². The molecule has 1 nitrogen and oxygen atoms in total. The summed E-state index contributed by atoms with van der Waals surface area (Å²) < 4.78 is 54.0. The first-order valence-corrected chi connectivity index (χ1v) is 3.84. The van der Waals surface area contributed by atoms with Crippen LogP contribution in [-0.2, 0) is 6.18 Å². The SMILES string of the molecule is COc1cc(F)c(Cl)cc1C(F)(F)F. The number of hydrogen-bond donors (Lipinski definition) is 0. The number of halogens is 5. The quantitative estimate of drug-likeness (QED) is 0.669. The highest BCUT2D eigenvalue weighted by molar-refractivity contribution is 6.30. The maximum atomic E-state index is 12.8. The lowest BCUT2D eigenvalue weighted by Crippen LogP contribution is -2.08. The molecule has 78 valence electrons. The minimum absolute atomic E-state index is 0.496. The lowest BCUT2D eigenvalue weighted by atomic mass is 10.2. The number of benzene rings is 1. The van der Waals surface area contributed by atoms with E-state index in [1.165, 1.54) is 0 Å². The predicted molar refractivity (Wildman–Crippen MR) is 43.0 cm³/mol. The van der Waals surface area contributed by atoms with Crippen molar-refractivity contribution in [2.75, 3.05) is 7.11 Å². The van der Waals surface area contributed by atoms with E-state index >= 15 is 0 Å². The highest BCUT2D eigenvalue weighted by Crippen LogP contribution is 2.38. The van der Waals surface area contributed by atoms with Crippen molar-refractivity contribution in [2.24, 2.45) is 0 Å². The molecule has 0 aromatic heterocycles. The van der Waals surface area contributed by atoms with Crippen LogP contribution in [-0.4, -0.2) is 7.11 Å². The lowest BCUT2D eigenvalue weighted by molar-refractivity contribution is -0.138. The maximum absolute atomic E-state index is 12.8. The second kappa shape index (κ2) is 3.65. The van der Waals surface area contributed by atoms with Gasteiger partial charge in [-0.1, -0.05) is 11.6 Å². The van der Waals surface area contributed by atoms with Crippen molar-refractivity contribution in [3.05, 3.63) is 28.5 Å². The Balaban J connectivity index is 3.35. The molecule has 1 aromatic rings. The molecule has 0 heterocycles. The van der Waals surface area contributed by atoms with Gasteiger partial charge in [0.25, 0.3) is 0 Å². The normalized spacial score (nSPS) is 11.6. The van der Waals surface area contributed by atoms with Gasteiger partial charge in [0.15, 0.2) is 0 Å². The second-order valence-corrected chi connectivity index (χ2v) is 2.87. The molecule has 14 heavy (non-hydrogen) atoms. The summed E-state index contributed by atoms with van der Waals surface area (Å²) in [6.07, 6.45) is -4.61. The van der Waals surface area contributed by atoms with Crippen molar-refractivity contribution in [3.8, 4) is 5.75 Å². The average molecular weight is 229 g/mol. The fourth-order valence-electron chi connectivity index (χ4n) is 0.919. The summed E-state index contributed by atoms with van der Waals surface area (Å²) in [4.78, 5) is 0. The summed E-state index contributed by atoms with van der Waals surface area (Å²) in [5, 5.41) is -0.585. The van der Waals surface area contributed by atoms with E-state index in [4.69, 9.17) is 11.6 Å². The summed E-state index contributed by atoms with van der Waals surface area (Å²) >= 11 is 5.22. The molecule has 0 aliphatic heterocycles. The molecule has 0 atom stereocenters. The van der Waals surface area contributed by atoms with Crippen LogP contribution in [0.25, 0.3) is 0 Å². The number of methoxy groups -OCH3 is 1. The zero-order valence-corrected chi connectivity index (χ0v) is 7.71. The molecular weight excluding hydrogens is 224 g/mol. The first kappa shape index (κ1) is 11.1. The van der Waals surface area contributed by atoms with Crippen LogP contribution < -0.4 is 4.74 Å². The van der Waals surface area contributed by atoms with Gasteiger partial charge in [0.1, 0.15) is 11.6 Å². The zero-order chi connectivity index (χ0) is 10.9. The highest BCUT2D eigenvalue weighted by Gasteiger charge is 2.35. The number of alkyl halides is 3. The molecule has 0 spiro atoms. The second-order valence-electron chi connectivity index (χ2n) is 2.46. The Labute approximate surface area is 82.2 Å². The van der Waals surface area contributed by atoms with Crippen LogP contribution in [0.15, 0.2) is 12.1 Å². The number of hydrogen-bond acceptors (Lipinski definition) is 1. The van der Waals surface area contributed by atoms with Crippen molar-refractivity contribution in [1.29, 1.82) is 0 Å². The Bertz CT molecular complexity index is 348. The molecule has 1 aromatic carbocycles. The molecular formula is C8H5ClF4O. The van der Waals surface area contributed by atoms with E-state index in [0.717, 1.165) is 7.11 Å². The smallest absolute Gasteiger partial charge is 0.420 e. The predicted octanol–water partition coefficient (Wildman–Crippen LogP) is 3.51. The summed E-state index contributed by atoms with van der Waals surface area (Å²) in [6, 6.07) is 1.10. The van der Waals surface area contributed by atoms with Crippen molar-refractivity contribution < 1.29 is 22.3 Å². The third-order valence-electron chi connectivity index (χ3n) is 1.55. The van der Waals surface area contributed by atoms with Gasteiger partial charge in [-0.15, -0.1) is 0 Å². The van der Waals surface area contributed by atoms with Gasteiger partial charge >= 0.3 is 6.18 Å². The number of rotatable bonds is 1. The van der Waals surface area contributed by atoms with Crippen LogP contribution in [0, 0.1) is 5.82 Å². The molecule has 0 unspecified atom stereocenters. The molecule has 0 fully saturated rings. The van der Waals surface area contributed by atoms with Gasteiger partial charge in [0, 0.05) is 6.07 Å². The van der Waals surface area contributed by atoms with Crippen molar-refractivity contribution >= 4 is 11.6 Å². The maximum Gasteiger partial charge on any atom is 0.420 e. The van der Waals surface area contributed by atoms with Gasteiger partial charge in [0.2, 0.25) is 0 Å². The van der Waals surface area contributed by atoms with Crippen LogP contribution in [0.3, 0.4) is 0 Å². The Hall–Kier alpha value is -0.970. The van der Waals surface area contributed by atoms with Crippen LogP contribution in [0.5, 0.6) is 5.75 Å². The van der Waals surface area contributed by atoms with E-state index in [9.17, 15) is 17.6 Å². The van der Waals surface area contributed by atoms with E-state index < -0.39 is 28.3 Å². The molecule has 0 aliphatic rings. The summed E-state index contributed by atoms with van der Waals surface area (Å²) in [6.45, 7) is 0. The molecule has 6 heteroatoms. The molecule has 0 N–H and O–H groups in total. The molecule has 0 saturated heterocycles. The van der Waals surface area contributed by atoms with Crippen molar-refractivity contribution in [3.63, 3.8) is 0 Å². The molecule has 1 rings (SSSR count). The molecule has 0 saturated carbocycles. The third-order valence-corrected chi connectivity index (χ3v) is 1.84. The monoisotopic (exact) mass is 228 g/mol. The number of ether oxygens (including phenoxy) is 1. The highest BCUT2D eigenvalue weighted by atomic mass is 35.5. The largest absolute Gasteiger partial charge is 0.496 e. The lowest BCUT2D eigenvalue weighted by Gasteiger charge is -2.12. The zero-order valence-electron chi connectivity index (χ0n) is 6.95. The van der Waals surface area contributed by atoms with Crippen LogP contribution in [0.2, 0.25) is 5.02 Å². The van der Waals surface area contributed by atoms with Crippen molar-refractivity contribution in [1.82, 2.24) is 0 Å². The van der Waals surface area contributed by atoms with Gasteiger partial charge in [-0.2, -0.15) is 13.2 Å². The molecule has 0 amide bonds. The van der Waals surface area contributed by atoms with Crippen LogP contribution in [0.1, 0.15) is 5.56 Å². The Morgan fingerprint density at radius 3 is 2.29 bits per heavy atom. The first-order valence-electron chi connectivity index (χ1n) is 3.46. The van der Waals surface area contributed by atoms with Gasteiger partial charge in [-0.05, 0) is 6.07 Å². The van der Waals surface area contributed by atoms with E-state index in [2.05, 4.69) is 4.74 Å². The molecule has 0 bridgehead atoms. The van der Waals surface area contributed by atoms with Gasteiger partial charge in [0.05, 0.1) is 17.7 Å². The van der Waals surface area contributed by atoms with E-state index in [0.29, 0.717) is 12.1 Å². The van der Waals surface area contributed by atoms with Gasteiger partial charge in [-0.25, -0.2) is 4.39 Å². The summed E-state index contributed by atoms with van der Waals surface area (Å²) in [5.74, 6) is -1.53. The minimum Gasteiger partial charge on any atom is -0.496 e. The van der Waals surface area contributed by atoms with E-state index in [-0.39, 0.29) is 0 Å². The van der Waals surface area contributed by atoms with Crippen LogP contribution >= 0.6 is 11.6 Å². The van der Waals surface area contributed by atoms with E-state index in [1.54, 1.807) is 0 Å². The summed E-state index contributed by atoms with van der Waals surface area (Å²) in [5.41, 5.74) is -1.09. The van der Waals surface area contributed by atoms with Gasteiger partial charge < -0.3 is 4.74 Å². The van der Waals surface area contributed by atoms with Crippen molar-refractivity contribution in [2.45, 2.75) is 6.18 Å². The van der Waals surface area contributed by atoms with E-state index in [1.807, 2.05) is 0 Å². The Kier molecular flexibility index (Phi) is 2.89. The standard InChI is InChI=1S/C8H5ClF4O/c1-14-7-3-6(10)5(9)2-4(7)8(11,12)13/h2-3H,1H3. The Morgan fingerprint density at radius 1 is 1.29 bits per heavy atom. The Morgan fingerprint density at radius 2 is 1.86 bits per heavy atom. The fraction of sp³-hybridized carbons (Fsp3) is 0.250. The third kappa shape index (κ3) is 2.09. The average Bonchev–Trinajstić information content (AvgIpc) is 2.07. The summed E-state index contributed by atoms with van der Waals surface area (Å²) in [7, 11) is 1.03. The fourth-order valence-corrected chi connectivity index (χ4v) is 1.08. The van der Waals surface area contributed by atoms with Crippen LogP contribution in [0.4, 0.5) is 17.6 Å². The molecule has 0 radical (unpaired) electrons.